The molecule has 0 spiro atoms. The topological polar surface area (TPSA) is 29.5 Å². The van der Waals surface area contributed by atoms with Gasteiger partial charge >= 0.3 is 0 Å². The van der Waals surface area contributed by atoms with Crippen LogP contribution in [-0.4, -0.2) is 12.2 Å². The van der Waals surface area contributed by atoms with Gasteiger partial charge in [-0.05, 0) is 30.0 Å². The molecule has 1 N–H and O–H groups in total. The van der Waals surface area contributed by atoms with Crippen LogP contribution in [0.5, 0.6) is 5.75 Å². The van der Waals surface area contributed by atoms with Gasteiger partial charge in [-0.15, -0.1) is 0 Å². The Morgan fingerprint density at radius 1 is 1.53 bits per heavy atom. The van der Waals surface area contributed by atoms with Gasteiger partial charge in [0.1, 0.15) is 0 Å². The quantitative estimate of drug-likeness (QED) is 0.827. The summed E-state index contributed by atoms with van der Waals surface area (Å²) in [7, 11) is 1.43. The van der Waals surface area contributed by atoms with Gasteiger partial charge in [-0.25, -0.2) is 4.39 Å². The number of aliphatic hydroxyl groups is 1. The predicted molar refractivity (Wildman–Crippen MR) is 55.3 cm³/mol. The number of methoxy groups -OCH3 is 1. The predicted octanol–water partition coefficient (Wildman–Crippen LogP) is 2.67. The SMILES string of the molecule is COc1cc(C(O)CC2CC2)ccc1F. The summed E-state index contributed by atoms with van der Waals surface area (Å²) < 4.78 is 18.0. The van der Waals surface area contributed by atoms with Crippen LogP contribution in [-0.2, 0) is 0 Å². The van der Waals surface area contributed by atoms with E-state index in [0.717, 1.165) is 12.0 Å². The Morgan fingerprint density at radius 2 is 2.27 bits per heavy atom. The minimum Gasteiger partial charge on any atom is -0.494 e. The normalized spacial score (nSPS) is 17.5. The van der Waals surface area contributed by atoms with Gasteiger partial charge in [0.05, 0.1) is 13.2 Å². The fraction of sp³-hybridized carbons (Fsp3) is 0.500. The lowest BCUT2D eigenvalue weighted by Crippen LogP contribution is -2.00. The van der Waals surface area contributed by atoms with E-state index in [-0.39, 0.29) is 11.6 Å². The zero-order valence-corrected chi connectivity index (χ0v) is 8.74. The van der Waals surface area contributed by atoms with E-state index in [1.165, 1.54) is 26.0 Å². The van der Waals surface area contributed by atoms with Gasteiger partial charge in [-0.3, -0.25) is 0 Å². The Kier molecular flexibility index (Phi) is 2.91. The molecule has 1 aromatic rings. The molecule has 15 heavy (non-hydrogen) atoms. The molecule has 1 unspecified atom stereocenters. The number of benzene rings is 1. The lowest BCUT2D eigenvalue weighted by atomic mass is 10.0. The molecule has 1 aliphatic rings. The van der Waals surface area contributed by atoms with Crippen LogP contribution in [0.2, 0.25) is 0 Å². The van der Waals surface area contributed by atoms with Gasteiger partial charge in [-0.2, -0.15) is 0 Å². The van der Waals surface area contributed by atoms with E-state index in [4.69, 9.17) is 4.74 Å². The van der Waals surface area contributed by atoms with Gasteiger partial charge in [0.2, 0.25) is 0 Å². The highest BCUT2D eigenvalue weighted by molar-refractivity contribution is 5.31. The van der Waals surface area contributed by atoms with E-state index >= 15 is 0 Å². The van der Waals surface area contributed by atoms with Gasteiger partial charge in [0, 0.05) is 0 Å². The first-order valence-electron chi connectivity index (χ1n) is 5.22. The molecule has 0 amide bonds. The summed E-state index contributed by atoms with van der Waals surface area (Å²) >= 11 is 0. The third-order valence-corrected chi connectivity index (χ3v) is 2.81. The molecule has 1 aliphatic carbocycles. The zero-order valence-electron chi connectivity index (χ0n) is 8.74. The molecule has 3 heteroatoms. The average molecular weight is 210 g/mol. The maximum atomic E-state index is 13.1. The van der Waals surface area contributed by atoms with E-state index in [0.29, 0.717) is 5.92 Å². The van der Waals surface area contributed by atoms with E-state index < -0.39 is 6.10 Å². The summed E-state index contributed by atoms with van der Waals surface area (Å²) in [6.45, 7) is 0. The van der Waals surface area contributed by atoms with E-state index in [2.05, 4.69) is 0 Å². The molecule has 2 rings (SSSR count). The van der Waals surface area contributed by atoms with Crippen LogP contribution in [0.3, 0.4) is 0 Å². The third-order valence-electron chi connectivity index (χ3n) is 2.81. The van der Waals surface area contributed by atoms with Crippen molar-refractivity contribution >= 4 is 0 Å². The van der Waals surface area contributed by atoms with Crippen molar-refractivity contribution in [2.45, 2.75) is 25.4 Å². The van der Waals surface area contributed by atoms with Gasteiger partial charge in [0.15, 0.2) is 11.6 Å². The molecular formula is C12H15FO2. The standard InChI is InChI=1S/C12H15FO2/c1-15-12-7-9(4-5-10(12)13)11(14)6-8-2-3-8/h4-5,7-8,11,14H,2-3,6H2,1H3. The van der Waals surface area contributed by atoms with E-state index in [1.807, 2.05) is 0 Å². The van der Waals surface area contributed by atoms with Crippen molar-refractivity contribution in [2.24, 2.45) is 5.92 Å². The molecule has 0 aromatic heterocycles. The highest BCUT2D eigenvalue weighted by Gasteiger charge is 2.25. The molecule has 1 fully saturated rings. The van der Waals surface area contributed by atoms with Crippen molar-refractivity contribution in [3.8, 4) is 5.75 Å². The van der Waals surface area contributed by atoms with Crippen molar-refractivity contribution in [2.75, 3.05) is 7.11 Å². The number of hydrogen-bond acceptors (Lipinski definition) is 2. The largest absolute Gasteiger partial charge is 0.494 e. The summed E-state index contributed by atoms with van der Waals surface area (Å²) in [5, 5.41) is 9.86. The third kappa shape index (κ3) is 2.48. The van der Waals surface area contributed by atoms with Crippen LogP contribution in [0.4, 0.5) is 4.39 Å². The van der Waals surface area contributed by atoms with Gasteiger partial charge in [-0.1, -0.05) is 18.9 Å². The van der Waals surface area contributed by atoms with E-state index in [9.17, 15) is 9.50 Å². The van der Waals surface area contributed by atoms with E-state index in [1.54, 1.807) is 12.1 Å². The lowest BCUT2D eigenvalue weighted by Gasteiger charge is -2.11. The second kappa shape index (κ2) is 4.19. The van der Waals surface area contributed by atoms with Crippen molar-refractivity contribution < 1.29 is 14.2 Å². The first-order valence-corrected chi connectivity index (χ1v) is 5.22. The minimum atomic E-state index is -0.494. The van der Waals surface area contributed by atoms with Crippen LogP contribution >= 0.6 is 0 Å². The Labute approximate surface area is 88.7 Å². The zero-order chi connectivity index (χ0) is 10.8. The number of ether oxygens (including phenoxy) is 1. The van der Waals surface area contributed by atoms with Crippen molar-refractivity contribution in [1.82, 2.24) is 0 Å². The second-order valence-electron chi connectivity index (χ2n) is 4.09. The van der Waals surface area contributed by atoms with Crippen LogP contribution < -0.4 is 4.74 Å². The highest BCUT2D eigenvalue weighted by atomic mass is 19.1. The molecule has 0 bridgehead atoms. The molecule has 82 valence electrons. The molecule has 0 aliphatic heterocycles. The summed E-state index contributed by atoms with van der Waals surface area (Å²) in [6.07, 6.45) is 2.69. The van der Waals surface area contributed by atoms with Crippen LogP contribution in [0.15, 0.2) is 18.2 Å². The molecule has 1 saturated carbocycles. The molecule has 0 radical (unpaired) electrons. The fourth-order valence-electron chi connectivity index (χ4n) is 1.69. The molecule has 2 nitrogen and oxygen atoms in total. The van der Waals surface area contributed by atoms with Gasteiger partial charge in [0.25, 0.3) is 0 Å². The minimum absolute atomic E-state index is 0.197. The van der Waals surface area contributed by atoms with Crippen LogP contribution in [0.1, 0.15) is 30.9 Å². The smallest absolute Gasteiger partial charge is 0.165 e. The Bertz CT molecular complexity index is 347. The monoisotopic (exact) mass is 210 g/mol. The molecule has 1 aromatic carbocycles. The van der Waals surface area contributed by atoms with Crippen molar-refractivity contribution in [3.63, 3.8) is 0 Å². The van der Waals surface area contributed by atoms with Gasteiger partial charge < -0.3 is 9.84 Å². The highest BCUT2D eigenvalue weighted by Crippen LogP contribution is 2.38. The first-order chi connectivity index (χ1) is 7.20. The first kappa shape index (κ1) is 10.4. The maximum Gasteiger partial charge on any atom is 0.165 e. The summed E-state index contributed by atoms with van der Waals surface area (Å²) in [6, 6.07) is 4.53. The number of hydrogen-bond donors (Lipinski definition) is 1. The van der Waals surface area contributed by atoms with Crippen molar-refractivity contribution in [1.29, 1.82) is 0 Å². The Balaban J connectivity index is 2.12. The molecule has 1 atom stereocenters. The lowest BCUT2D eigenvalue weighted by molar-refractivity contribution is 0.160. The fourth-order valence-corrected chi connectivity index (χ4v) is 1.69. The summed E-state index contributed by atoms with van der Waals surface area (Å²) in [5.41, 5.74) is 0.736. The summed E-state index contributed by atoms with van der Waals surface area (Å²) in [5.74, 6) is 0.457. The van der Waals surface area contributed by atoms with Crippen LogP contribution in [0, 0.1) is 11.7 Å². The van der Waals surface area contributed by atoms with Crippen molar-refractivity contribution in [3.05, 3.63) is 29.6 Å². The van der Waals surface area contributed by atoms with Crippen LogP contribution in [0.25, 0.3) is 0 Å². The molecule has 0 saturated heterocycles. The number of aliphatic hydroxyl groups excluding tert-OH is 1. The Hall–Kier alpha value is -1.09. The maximum absolute atomic E-state index is 13.1. The molecular weight excluding hydrogens is 195 g/mol. The number of rotatable bonds is 4. The average Bonchev–Trinajstić information content (AvgIpc) is 3.02. The second-order valence-corrected chi connectivity index (χ2v) is 4.09. The summed E-state index contributed by atoms with van der Waals surface area (Å²) in [4.78, 5) is 0. The molecule has 0 heterocycles. The number of halogens is 1. The Morgan fingerprint density at radius 3 is 2.87 bits per heavy atom.